The van der Waals surface area contributed by atoms with Crippen molar-refractivity contribution in [1.82, 2.24) is 9.88 Å². The molecular weight excluding hydrogens is 291 g/mol. The van der Waals surface area contributed by atoms with Gasteiger partial charge in [-0.05, 0) is 43.0 Å². The lowest BCUT2D eigenvalue weighted by molar-refractivity contribution is 0.175. The number of benzene rings is 1. The number of nitrogens with zero attached hydrogens (tertiary/aromatic N) is 2. The fraction of sp³-hybridized carbons (Fsp3) is 0.526. The van der Waals surface area contributed by atoms with E-state index in [2.05, 4.69) is 23.7 Å². The molecule has 1 aliphatic heterocycles. The van der Waals surface area contributed by atoms with Gasteiger partial charge in [0.1, 0.15) is 11.6 Å². The van der Waals surface area contributed by atoms with Crippen molar-refractivity contribution < 1.29 is 8.81 Å². The molecule has 2 aromatic rings. The van der Waals surface area contributed by atoms with Crippen LogP contribution in [0.2, 0.25) is 0 Å². The highest BCUT2D eigenvalue weighted by atomic mass is 19.1. The lowest BCUT2D eigenvalue weighted by Gasteiger charge is -2.32. The van der Waals surface area contributed by atoms with E-state index in [1.807, 2.05) is 6.07 Å². The molecule has 1 fully saturated rings. The molecule has 0 saturated carbocycles. The molecule has 0 unspecified atom stereocenters. The van der Waals surface area contributed by atoms with E-state index in [0.29, 0.717) is 18.3 Å². The van der Waals surface area contributed by atoms with Gasteiger partial charge in [-0.1, -0.05) is 26.0 Å². The van der Waals surface area contributed by atoms with Crippen LogP contribution in [0.25, 0.3) is 0 Å². The molecule has 0 radical (unpaired) electrons. The molecule has 0 aliphatic carbocycles. The number of hydrogen-bond acceptors (Lipinski definition) is 3. The normalized spacial score (nSPS) is 19.4. The summed E-state index contributed by atoms with van der Waals surface area (Å²) in [6.07, 6.45) is 4.71. The van der Waals surface area contributed by atoms with E-state index < -0.39 is 0 Å². The van der Waals surface area contributed by atoms with E-state index in [1.165, 1.54) is 19.0 Å². The fourth-order valence-corrected chi connectivity index (χ4v) is 3.38. The highest BCUT2D eigenvalue weighted by Gasteiger charge is 2.25. The Morgan fingerprint density at radius 3 is 3.04 bits per heavy atom. The Labute approximate surface area is 137 Å². The first-order valence-electron chi connectivity index (χ1n) is 8.51. The van der Waals surface area contributed by atoms with Crippen molar-refractivity contribution in [2.75, 3.05) is 19.6 Å². The van der Waals surface area contributed by atoms with E-state index >= 15 is 0 Å². The number of aromatic nitrogens is 1. The van der Waals surface area contributed by atoms with Crippen LogP contribution < -0.4 is 0 Å². The average Bonchev–Trinajstić information content (AvgIpc) is 2.95. The van der Waals surface area contributed by atoms with Crippen molar-refractivity contribution >= 4 is 0 Å². The van der Waals surface area contributed by atoms with E-state index in [4.69, 9.17) is 4.42 Å². The van der Waals surface area contributed by atoms with Crippen LogP contribution in [0.5, 0.6) is 0 Å². The van der Waals surface area contributed by atoms with Crippen molar-refractivity contribution in [3.63, 3.8) is 0 Å². The molecule has 2 heterocycles. The van der Waals surface area contributed by atoms with Crippen molar-refractivity contribution in [3.8, 4) is 0 Å². The summed E-state index contributed by atoms with van der Waals surface area (Å²) >= 11 is 0. The Morgan fingerprint density at radius 2 is 2.26 bits per heavy atom. The quantitative estimate of drug-likeness (QED) is 0.826. The lowest BCUT2D eigenvalue weighted by Crippen LogP contribution is -2.36. The first kappa shape index (κ1) is 16.2. The van der Waals surface area contributed by atoms with Crippen LogP contribution in [0.3, 0.4) is 0 Å². The molecule has 23 heavy (non-hydrogen) atoms. The van der Waals surface area contributed by atoms with Crippen LogP contribution in [0.1, 0.15) is 49.8 Å². The lowest BCUT2D eigenvalue weighted by atomic mass is 9.97. The summed E-state index contributed by atoms with van der Waals surface area (Å²) in [4.78, 5) is 6.99. The number of hydrogen-bond donors (Lipinski definition) is 0. The Balaban J connectivity index is 1.64. The fourth-order valence-electron chi connectivity index (χ4n) is 3.38. The molecule has 4 heteroatoms. The van der Waals surface area contributed by atoms with Gasteiger partial charge in [0.25, 0.3) is 0 Å². The third-order valence-corrected chi connectivity index (χ3v) is 4.32. The second-order valence-corrected chi connectivity index (χ2v) is 6.96. The highest BCUT2D eigenvalue weighted by Crippen LogP contribution is 2.27. The topological polar surface area (TPSA) is 29.3 Å². The number of halogens is 1. The highest BCUT2D eigenvalue weighted by molar-refractivity contribution is 5.21. The summed E-state index contributed by atoms with van der Waals surface area (Å²) < 4.78 is 19.2. The maximum Gasteiger partial charge on any atom is 0.198 e. The first-order valence-corrected chi connectivity index (χ1v) is 8.51. The largest absolute Gasteiger partial charge is 0.445 e. The molecule has 0 N–H and O–H groups in total. The van der Waals surface area contributed by atoms with E-state index in [0.717, 1.165) is 36.7 Å². The van der Waals surface area contributed by atoms with Gasteiger partial charge in [-0.2, -0.15) is 0 Å². The molecule has 0 amide bonds. The maximum atomic E-state index is 13.3. The smallest absolute Gasteiger partial charge is 0.198 e. The number of oxazole rings is 1. The van der Waals surface area contributed by atoms with Gasteiger partial charge >= 0.3 is 0 Å². The third-order valence-electron chi connectivity index (χ3n) is 4.32. The Kier molecular flexibility index (Phi) is 5.11. The zero-order valence-electron chi connectivity index (χ0n) is 14.0. The van der Waals surface area contributed by atoms with Gasteiger partial charge in [-0.15, -0.1) is 0 Å². The van der Waals surface area contributed by atoms with Gasteiger partial charge < -0.3 is 9.32 Å². The summed E-state index contributed by atoms with van der Waals surface area (Å²) in [5.41, 5.74) is 0.915. The van der Waals surface area contributed by atoms with Crippen LogP contribution in [0.4, 0.5) is 4.39 Å². The van der Waals surface area contributed by atoms with Gasteiger partial charge in [0.2, 0.25) is 0 Å². The molecule has 0 spiro atoms. The van der Waals surface area contributed by atoms with Gasteiger partial charge in [-0.3, -0.25) is 0 Å². The second kappa shape index (κ2) is 7.26. The summed E-state index contributed by atoms with van der Waals surface area (Å²) in [6.45, 7) is 7.84. The summed E-state index contributed by atoms with van der Waals surface area (Å²) in [5.74, 6) is 2.50. The minimum absolute atomic E-state index is 0.209. The monoisotopic (exact) mass is 316 g/mol. The standard InChI is InChI=1S/C19H25FN2O/c1-14(2)12-22-8-4-6-16(13-22)19-21-11-18(23-19)10-15-5-3-7-17(20)9-15/h3,5,7,9,11,14,16H,4,6,8,10,12-13H2,1-2H3/t16-/m1/s1. The van der Waals surface area contributed by atoms with Crippen LogP contribution in [0.15, 0.2) is 34.9 Å². The molecule has 1 saturated heterocycles. The van der Waals surface area contributed by atoms with Gasteiger partial charge in [0, 0.05) is 25.4 Å². The van der Waals surface area contributed by atoms with Crippen molar-refractivity contribution in [2.24, 2.45) is 5.92 Å². The summed E-state index contributed by atoms with van der Waals surface area (Å²) in [6, 6.07) is 6.65. The minimum atomic E-state index is -0.209. The van der Waals surface area contributed by atoms with Crippen molar-refractivity contribution in [1.29, 1.82) is 0 Å². The van der Waals surface area contributed by atoms with Crippen LogP contribution in [-0.4, -0.2) is 29.5 Å². The second-order valence-electron chi connectivity index (χ2n) is 6.96. The van der Waals surface area contributed by atoms with Crippen LogP contribution in [-0.2, 0) is 6.42 Å². The zero-order valence-corrected chi connectivity index (χ0v) is 14.0. The number of piperidine rings is 1. The van der Waals surface area contributed by atoms with Crippen molar-refractivity contribution in [3.05, 3.63) is 53.5 Å². The maximum absolute atomic E-state index is 13.3. The molecule has 124 valence electrons. The Hall–Kier alpha value is -1.68. The van der Waals surface area contributed by atoms with Crippen molar-refractivity contribution in [2.45, 2.75) is 39.0 Å². The molecule has 0 bridgehead atoms. The number of likely N-dealkylation sites (tertiary alicyclic amines) is 1. The van der Waals surface area contributed by atoms with Gasteiger partial charge in [-0.25, -0.2) is 9.37 Å². The van der Waals surface area contributed by atoms with Gasteiger partial charge in [0.05, 0.1) is 6.20 Å². The first-order chi connectivity index (χ1) is 11.1. The minimum Gasteiger partial charge on any atom is -0.445 e. The Bertz CT molecular complexity index is 638. The van der Waals surface area contributed by atoms with E-state index in [1.54, 1.807) is 18.3 Å². The molecule has 3 rings (SSSR count). The SMILES string of the molecule is CC(C)CN1CCC[C@@H](c2ncc(Cc3cccc(F)c3)o2)C1. The van der Waals surface area contributed by atoms with Gasteiger partial charge in [0.15, 0.2) is 5.89 Å². The molecule has 1 aromatic carbocycles. The predicted molar refractivity (Wildman–Crippen MR) is 89.0 cm³/mol. The molecule has 1 atom stereocenters. The molecule has 3 nitrogen and oxygen atoms in total. The molecular formula is C19H25FN2O. The van der Waals surface area contributed by atoms with E-state index in [9.17, 15) is 4.39 Å². The zero-order chi connectivity index (χ0) is 16.2. The Morgan fingerprint density at radius 1 is 1.39 bits per heavy atom. The summed E-state index contributed by atoms with van der Waals surface area (Å²) in [7, 11) is 0. The van der Waals surface area contributed by atoms with Crippen LogP contribution in [0, 0.1) is 11.7 Å². The van der Waals surface area contributed by atoms with E-state index in [-0.39, 0.29) is 5.82 Å². The molecule has 1 aliphatic rings. The molecule has 1 aromatic heterocycles. The summed E-state index contributed by atoms with van der Waals surface area (Å²) in [5, 5.41) is 0. The van der Waals surface area contributed by atoms with Crippen LogP contribution >= 0.6 is 0 Å². The third kappa shape index (κ3) is 4.41. The average molecular weight is 316 g/mol. The number of rotatable bonds is 5. The predicted octanol–water partition coefficient (Wildman–Crippen LogP) is 4.24.